The first-order chi connectivity index (χ1) is 19.9. The first kappa shape index (κ1) is 24.0. The SMILES string of the molecule is S.c1cc2cccc3c4cccc5cccc(c(c1)c23)c54.c1cc2cccc3c4cccc5cccc(c(c1)c23)c54. The van der Waals surface area contributed by atoms with Gasteiger partial charge < -0.3 is 0 Å². The van der Waals surface area contributed by atoms with Crippen LogP contribution in [0.1, 0.15) is 0 Å². The van der Waals surface area contributed by atoms with E-state index in [0.717, 1.165) is 0 Å². The second-order valence-corrected chi connectivity index (χ2v) is 10.8. The second-order valence-electron chi connectivity index (χ2n) is 10.8. The zero-order valence-corrected chi connectivity index (χ0v) is 23.4. The summed E-state index contributed by atoms with van der Waals surface area (Å²) in [7, 11) is 0. The van der Waals surface area contributed by atoms with Crippen LogP contribution in [0.5, 0.6) is 0 Å². The molecular weight excluding hydrogens is 513 g/mol. The predicted octanol–water partition coefficient (Wildman–Crippen LogP) is 11.6. The van der Waals surface area contributed by atoms with Crippen molar-refractivity contribution in [3.8, 4) is 0 Å². The summed E-state index contributed by atoms with van der Waals surface area (Å²) in [5, 5.41) is 21.8. The second kappa shape index (κ2) is 9.09. The highest BCUT2D eigenvalue weighted by molar-refractivity contribution is 7.59. The third-order valence-electron chi connectivity index (χ3n) is 8.78. The normalized spacial score (nSPS) is 11.7. The van der Waals surface area contributed by atoms with Crippen molar-refractivity contribution in [2.45, 2.75) is 0 Å². The highest BCUT2D eigenvalue weighted by atomic mass is 32.1. The Hall–Kier alpha value is -4.85. The van der Waals surface area contributed by atoms with Gasteiger partial charge in [-0.3, -0.25) is 0 Å². The topological polar surface area (TPSA) is 0 Å². The van der Waals surface area contributed by atoms with E-state index in [1.807, 2.05) is 0 Å². The van der Waals surface area contributed by atoms with Gasteiger partial charge in [-0.05, 0) is 86.2 Å². The van der Waals surface area contributed by atoms with Crippen molar-refractivity contribution in [2.75, 3.05) is 0 Å². The van der Waals surface area contributed by atoms with Gasteiger partial charge in [-0.25, -0.2) is 0 Å². The van der Waals surface area contributed by atoms with E-state index in [4.69, 9.17) is 0 Å². The molecule has 192 valence electrons. The summed E-state index contributed by atoms with van der Waals surface area (Å²) in [5.41, 5.74) is 0. The largest absolute Gasteiger partial charge is 0.197 e. The molecule has 0 fully saturated rings. The average Bonchev–Trinajstić information content (AvgIpc) is 3.02. The Morgan fingerprint density at radius 3 is 0.488 bits per heavy atom. The van der Waals surface area contributed by atoms with E-state index in [-0.39, 0.29) is 13.5 Å². The van der Waals surface area contributed by atoms with Gasteiger partial charge in [0.15, 0.2) is 0 Å². The van der Waals surface area contributed by atoms with Gasteiger partial charge in [0.2, 0.25) is 0 Å². The van der Waals surface area contributed by atoms with Crippen molar-refractivity contribution in [1.29, 1.82) is 0 Å². The van der Waals surface area contributed by atoms with E-state index in [0.29, 0.717) is 0 Å². The number of hydrogen-bond donors (Lipinski definition) is 0. The molecule has 0 aliphatic heterocycles. The van der Waals surface area contributed by atoms with E-state index in [2.05, 4.69) is 146 Å². The van der Waals surface area contributed by atoms with Gasteiger partial charge in [0, 0.05) is 0 Å². The lowest BCUT2D eigenvalue weighted by Gasteiger charge is -2.13. The Balaban J connectivity index is 0.000000122. The fraction of sp³-hybridized carbons (Fsp3) is 0. The molecule has 10 aromatic rings. The smallest absolute Gasteiger partial charge is 0.00264 e. The molecule has 0 aliphatic rings. The van der Waals surface area contributed by atoms with Crippen molar-refractivity contribution in [3.63, 3.8) is 0 Å². The molecule has 0 saturated heterocycles. The van der Waals surface area contributed by atoms with E-state index in [1.54, 1.807) is 0 Å². The van der Waals surface area contributed by atoms with Crippen LogP contribution in [0.3, 0.4) is 0 Å². The first-order valence-electron chi connectivity index (χ1n) is 14.0. The lowest BCUT2D eigenvalue weighted by Crippen LogP contribution is -1.85. The standard InChI is InChI=1S/2C20H12.H2S/c2*1-5-13-6-2-11-17-18-12-4-8-14-7-3-10-16(20(14)18)15(9-1)19(13)17;/h2*1-12H;1H2. The zero-order valence-electron chi connectivity index (χ0n) is 22.4. The van der Waals surface area contributed by atoms with Gasteiger partial charge in [-0.15, -0.1) is 0 Å². The van der Waals surface area contributed by atoms with Crippen molar-refractivity contribution >= 4 is 99.7 Å². The van der Waals surface area contributed by atoms with Crippen LogP contribution in [0, 0.1) is 0 Å². The maximum absolute atomic E-state index is 2.25. The van der Waals surface area contributed by atoms with Crippen LogP contribution in [0.15, 0.2) is 146 Å². The monoisotopic (exact) mass is 538 g/mol. The molecule has 1 heteroatoms. The molecule has 0 aromatic heterocycles. The fourth-order valence-corrected chi connectivity index (χ4v) is 7.16. The van der Waals surface area contributed by atoms with Gasteiger partial charge in [0.25, 0.3) is 0 Å². The number of rotatable bonds is 0. The molecule has 10 aromatic carbocycles. The molecule has 10 rings (SSSR count). The molecule has 0 heterocycles. The third-order valence-corrected chi connectivity index (χ3v) is 8.78. The number of fused-ring (bicyclic) bond motifs is 4. The van der Waals surface area contributed by atoms with Crippen LogP contribution in [0.4, 0.5) is 0 Å². The van der Waals surface area contributed by atoms with Gasteiger partial charge in [0.1, 0.15) is 0 Å². The molecule has 0 nitrogen and oxygen atoms in total. The Labute approximate surface area is 244 Å². The van der Waals surface area contributed by atoms with E-state index in [1.165, 1.54) is 86.2 Å². The van der Waals surface area contributed by atoms with Gasteiger partial charge in [0.05, 0.1) is 0 Å². The average molecular weight is 539 g/mol. The van der Waals surface area contributed by atoms with Gasteiger partial charge in [-0.2, -0.15) is 13.5 Å². The van der Waals surface area contributed by atoms with Crippen molar-refractivity contribution in [2.24, 2.45) is 0 Å². The molecule has 41 heavy (non-hydrogen) atoms. The summed E-state index contributed by atoms with van der Waals surface area (Å²) >= 11 is 0. The Morgan fingerprint density at radius 1 is 0.195 bits per heavy atom. The molecular formula is C40H26S. The summed E-state index contributed by atoms with van der Waals surface area (Å²) in [6, 6.07) is 52.9. The molecule has 0 spiro atoms. The van der Waals surface area contributed by atoms with Gasteiger partial charge >= 0.3 is 0 Å². The van der Waals surface area contributed by atoms with Crippen LogP contribution in [0.2, 0.25) is 0 Å². The molecule has 0 atom stereocenters. The minimum Gasteiger partial charge on any atom is -0.197 e. The predicted molar refractivity (Wildman–Crippen MR) is 186 cm³/mol. The van der Waals surface area contributed by atoms with Crippen LogP contribution in [-0.4, -0.2) is 0 Å². The van der Waals surface area contributed by atoms with Crippen LogP contribution < -0.4 is 0 Å². The van der Waals surface area contributed by atoms with E-state index in [9.17, 15) is 0 Å². The minimum absolute atomic E-state index is 0. The third kappa shape index (κ3) is 3.36. The summed E-state index contributed by atoms with van der Waals surface area (Å²) in [4.78, 5) is 0. The Kier molecular flexibility index (Phi) is 5.32. The van der Waals surface area contributed by atoms with Gasteiger partial charge in [-0.1, -0.05) is 146 Å². The Morgan fingerprint density at radius 2 is 0.341 bits per heavy atom. The van der Waals surface area contributed by atoms with E-state index >= 15 is 0 Å². The van der Waals surface area contributed by atoms with Crippen LogP contribution in [0.25, 0.3) is 86.2 Å². The number of benzene rings is 10. The quantitative estimate of drug-likeness (QED) is 0.133. The Bertz CT molecular complexity index is 2020. The summed E-state index contributed by atoms with van der Waals surface area (Å²) in [6.45, 7) is 0. The lowest BCUT2D eigenvalue weighted by molar-refractivity contribution is 1.78. The molecule has 0 unspecified atom stereocenters. The van der Waals surface area contributed by atoms with Crippen LogP contribution >= 0.6 is 13.5 Å². The minimum atomic E-state index is 0. The molecule has 0 amide bonds. The van der Waals surface area contributed by atoms with Crippen molar-refractivity contribution in [3.05, 3.63) is 146 Å². The molecule has 0 aliphatic carbocycles. The summed E-state index contributed by atoms with van der Waals surface area (Å²) in [5.74, 6) is 0. The first-order valence-corrected chi connectivity index (χ1v) is 14.0. The van der Waals surface area contributed by atoms with Crippen molar-refractivity contribution < 1.29 is 0 Å². The summed E-state index contributed by atoms with van der Waals surface area (Å²) in [6.07, 6.45) is 0. The van der Waals surface area contributed by atoms with Crippen LogP contribution in [-0.2, 0) is 0 Å². The highest BCUT2D eigenvalue weighted by Crippen LogP contribution is 2.41. The molecule has 0 N–H and O–H groups in total. The van der Waals surface area contributed by atoms with Crippen molar-refractivity contribution in [1.82, 2.24) is 0 Å². The summed E-state index contributed by atoms with van der Waals surface area (Å²) < 4.78 is 0. The maximum atomic E-state index is 2.25. The number of hydrogen-bond acceptors (Lipinski definition) is 0. The molecule has 0 bridgehead atoms. The van der Waals surface area contributed by atoms with E-state index < -0.39 is 0 Å². The molecule has 0 saturated carbocycles. The lowest BCUT2D eigenvalue weighted by atomic mass is 9.90. The highest BCUT2D eigenvalue weighted by Gasteiger charge is 2.12. The zero-order chi connectivity index (χ0) is 26.2. The molecule has 0 radical (unpaired) electrons. The fourth-order valence-electron chi connectivity index (χ4n) is 7.16. The maximum Gasteiger partial charge on any atom is -0.00264 e.